The Hall–Kier alpha value is -3.54. The van der Waals surface area contributed by atoms with Gasteiger partial charge in [-0.15, -0.1) is 0 Å². The highest BCUT2D eigenvalue weighted by Crippen LogP contribution is 2.35. The summed E-state index contributed by atoms with van der Waals surface area (Å²) in [5, 5.41) is 11.6. The number of rotatable bonds is 4. The lowest BCUT2D eigenvalue weighted by molar-refractivity contribution is 0.474. The molecule has 0 amide bonds. The van der Waals surface area contributed by atoms with Crippen molar-refractivity contribution >= 4 is 46.2 Å². The van der Waals surface area contributed by atoms with Gasteiger partial charge in [-0.2, -0.15) is 0 Å². The van der Waals surface area contributed by atoms with Crippen molar-refractivity contribution in [3.05, 3.63) is 88.1 Å². The standard InChI is InChI=1S/C25H16Cl2N2O3/c1-14-2-8-21-24(10-14)32-25(29-21)18-6-4-16(12-22(18)30)28-13-17-5-9-23(31-17)19-11-15(26)3-7-20(19)27/h2-13,30H,1H3. The summed E-state index contributed by atoms with van der Waals surface area (Å²) in [6.07, 6.45) is 1.57. The maximum absolute atomic E-state index is 10.5. The Morgan fingerprint density at radius 2 is 1.78 bits per heavy atom. The first kappa shape index (κ1) is 20.4. The summed E-state index contributed by atoms with van der Waals surface area (Å²) in [7, 11) is 0. The van der Waals surface area contributed by atoms with Crippen LogP contribution >= 0.6 is 23.2 Å². The van der Waals surface area contributed by atoms with E-state index in [-0.39, 0.29) is 5.75 Å². The Morgan fingerprint density at radius 1 is 0.906 bits per heavy atom. The fourth-order valence-corrected chi connectivity index (χ4v) is 3.70. The third-order valence-corrected chi connectivity index (χ3v) is 5.48. The SMILES string of the molecule is Cc1ccc2nc(-c3ccc(N=Cc4ccc(-c5cc(Cl)ccc5Cl)o4)cc3O)oc2c1. The van der Waals surface area contributed by atoms with Gasteiger partial charge in [0.05, 0.1) is 22.5 Å². The van der Waals surface area contributed by atoms with Gasteiger partial charge in [-0.3, -0.25) is 4.99 Å². The van der Waals surface area contributed by atoms with Gasteiger partial charge in [0.15, 0.2) is 5.58 Å². The normalized spacial score (nSPS) is 11.6. The van der Waals surface area contributed by atoms with Crippen molar-refractivity contribution in [2.45, 2.75) is 6.92 Å². The van der Waals surface area contributed by atoms with Crippen LogP contribution in [0.25, 0.3) is 33.9 Å². The highest BCUT2D eigenvalue weighted by molar-refractivity contribution is 6.35. The molecule has 5 rings (SSSR count). The van der Waals surface area contributed by atoms with Gasteiger partial charge < -0.3 is 13.9 Å². The van der Waals surface area contributed by atoms with Crippen molar-refractivity contribution in [2.24, 2.45) is 4.99 Å². The summed E-state index contributed by atoms with van der Waals surface area (Å²) >= 11 is 12.3. The van der Waals surface area contributed by atoms with Crippen molar-refractivity contribution in [2.75, 3.05) is 0 Å². The molecule has 2 heterocycles. The number of hydrogen-bond acceptors (Lipinski definition) is 5. The van der Waals surface area contributed by atoms with Crippen LogP contribution in [0, 0.1) is 6.92 Å². The molecule has 2 aromatic heterocycles. The van der Waals surface area contributed by atoms with E-state index in [9.17, 15) is 5.11 Å². The van der Waals surface area contributed by atoms with Crippen LogP contribution in [0.5, 0.6) is 5.75 Å². The van der Waals surface area contributed by atoms with E-state index in [2.05, 4.69) is 9.98 Å². The van der Waals surface area contributed by atoms with Crippen LogP contribution in [-0.4, -0.2) is 16.3 Å². The molecule has 0 radical (unpaired) electrons. The van der Waals surface area contributed by atoms with E-state index < -0.39 is 0 Å². The molecular formula is C25H16Cl2N2O3. The fraction of sp³-hybridized carbons (Fsp3) is 0.0400. The van der Waals surface area contributed by atoms with Gasteiger partial charge in [-0.1, -0.05) is 29.3 Å². The quantitative estimate of drug-likeness (QED) is 0.276. The molecule has 158 valence electrons. The summed E-state index contributed by atoms with van der Waals surface area (Å²) in [5.41, 5.74) is 4.24. The second kappa shape index (κ2) is 8.19. The van der Waals surface area contributed by atoms with E-state index in [4.69, 9.17) is 32.0 Å². The largest absolute Gasteiger partial charge is 0.507 e. The number of furan rings is 1. The number of nitrogens with zero attached hydrogens (tertiary/aromatic N) is 2. The second-order valence-electron chi connectivity index (χ2n) is 7.28. The zero-order valence-electron chi connectivity index (χ0n) is 16.8. The summed E-state index contributed by atoms with van der Waals surface area (Å²) in [6.45, 7) is 1.98. The summed E-state index contributed by atoms with van der Waals surface area (Å²) in [6, 6.07) is 19.6. The number of hydrogen-bond donors (Lipinski definition) is 1. The number of aliphatic imine (C=N–C) groups is 1. The first-order chi connectivity index (χ1) is 15.5. The van der Waals surface area contributed by atoms with Crippen LogP contribution in [0.3, 0.4) is 0 Å². The third-order valence-electron chi connectivity index (χ3n) is 4.92. The molecule has 0 unspecified atom stereocenters. The van der Waals surface area contributed by atoms with Gasteiger partial charge in [0.1, 0.15) is 22.8 Å². The van der Waals surface area contributed by atoms with Crippen LogP contribution in [0.4, 0.5) is 5.69 Å². The number of aryl methyl sites for hydroxylation is 1. The van der Waals surface area contributed by atoms with Crippen LogP contribution in [0.15, 0.2) is 80.6 Å². The average Bonchev–Trinajstić information content (AvgIpc) is 3.40. The smallest absolute Gasteiger partial charge is 0.231 e. The van der Waals surface area contributed by atoms with Crippen molar-refractivity contribution in [3.8, 4) is 28.5 Å². The van der Waals surface area contributed by atoms with Crippen LogP contribution in [-0.2, 0) is 0 Å². The van der Waals surface area contributed by atoms with Gasteiger partial charge in [0.25, 0.3) is 0 Å². The molecule has 0 aliphatic carbocycles. The highest BCUT2D eigenvalue weighted by Gasteiger charge is 2.13. The number of fused-ring (bicyclic) bond motifs is 1. The Bertz CT molecular complexity index is 1480. The molecular weight excluding hydrogens is 447 g/mol. The van der Waals surface area contributed by atoms with Crippen molar-refractivity contribution < 1.29 is 13.9 Å². The van der Waals surface area contributed by atoms with E-state index in [0.29, 0.717) is 49.9 Å². The molecule has 0 saturated heterocycles. The summed E-state index contributed by atoms with van der Waals surface area (Å²) in [4.78, 5) is 8.84. The van der Waals surface area contributed by atoms with Crippen LogP contribution in [0.1, 0.15) is 11.3 Å². The zero-order chi connectivity index (χ0) is 22.2. The Balaban J connectivity index is 1.39. The zero-order valence-corrected chi connectivity index (χ0v) is 18.4. The Labute approximate surface area is 193 Å². The van der Waals surface area contributed by atoms with Gasteiger partial charge in [0, 0.05) is 16.7 Å². The van der Waals surface area contributed by atoms with Crippen molar-refractivity contribution in [1.29, 1.82) is 0 Å². The molecule has 5 nitrogen and oxygen atoms in total. The number of oxazole rings is 1. The monoisotopic (exact) mass is 462 g/mol. The first-order valence-electron chi connectivity index (χ1n) is 9.76. The van der Waals surface area contributed by atoms with Crippen molar-refractivity contribution in [3.63, 3.8) is 0 Å². The van der Waals surface area contributed by atoms with Gasteiger partial charge in [-0.05, 0) is 67.1 Å². The van der Waals surface area contributed by atoms with E-state index in [0.717, 1.165) is 11.1 Å². The maximum atomic E-state index is 10.5. The topological polar surface area (TPSA) is 71.8 Å². The molecule has 32 heavy (non-hydrogen) atoms. The molecule has 0 aliphatic rings. The van der Waals surface area contributed by atoms with Gasteiger partial charge >= 0.3 is 0 Å². The predicted molar refractivity (Wildman–Crippen MR) is 127 cm³/mol. The van der Waals surface area contributed by atoms with Gasteiger partial charge in [0.2, 0.25) is 5.89 Å². The first-order valence-corrected chi connectivity index (χ1v) is 10.5. The molecule has 1 N–H and O–H groups in total. The third kappa shape index (κ3) is 4.00. The minimum atomic E-state index is 0.0220. The second-order valence-corrected chi connectivity index (χ2v) is 8.12. The average molecular weight is 463 g/mol. The molecule has 0 atom stereocenters. The van der Waals surface area contributed by atoms with Crippen LogP contribution < -0.4 is 0 Å². The molecule has 7 heteroatoms. The van der Waals surface area contributed by atoms with E-state index >= 15 is 0 Å². The highest BCUT2D eigenvalue weighted by atomic mass is 35.5. The minimum Gasteiger partial charge on any atom is -0.507 e. The van der Waals surface area contributed by atoms with Crippen molar-refractivity contribution in [1.82, 2.24) is 4.98 Å². The Morgan fingerprint density at radius 3 is 2.62 bits per heavy atom. The van der Waals surface area contributed by atoms with E-state index in [1.54, 1.807) is 54.7 Å². The number of benzene rings is 3. The molecule has 5 aromatic rings. The molecule has 0 fully saturated rings. The number of halogens is 2. The molecule has 0 aliphatic heterocycles. The maximum Gasteiger partial charge on any atom is 0.231 e. The lowest BCUT2D eigenvalue weighted by atomic mass is 10.2. The van der Waals surface area contributed by atoms with E-state index in [1.807, 2.05) is 25.1 Å². The molecule has 0 saturated carbocycles. The summed E-state index contributed by atoms with van der Waals surface area (Å²) in [5.74, 6) is 1.50. The van der Waals surface area contributed by atoms with Crippen LogP contribution in [0.2, 0.25) is 10.0 Å². The summed E-state index contributed by atoms with van der Waals surface area (Å²) < 4.78 is 11.6. The number of phenols is 1. The number of aromatic nitrogens is 1. The lowest BCUT2D eigenvalue weighted by Crippen LogP contribution is -1.80. The Kier molecular flexibility index (Phi) is 5.21. The molecule has 0 bridgehead atoms. The fourth-order valence-electron chi connectivity index (χ4n) is 3.32. The minimum absolute atomic E-state index is 0.0220. The predicted octanol–water partition coefficient (Wildman–Crippen LogP) is 7.83. The lowest BCUT2D eigenvalue weighted by Gasteiger charge is -2.02. The van der Waals surface area contributed by atoms with Gasteiger partial charge in [-0.25, -0.2) is 4.98 Å². The number of phenolic OH excluding ortho intramolecular Hbond substituents is 1. The molecule has 0 spiro atoms. The number of aromatic hydroxyl groups is 1. The molecule has 3 aromatic carbocycles. The van der Waals surface area contributed by atoms with E-state index in [1.165, 1.54) is 0 Å².